The van der Waals surface area contributed by atoms with Crippen LogP contribution in [0.5, 0.6) is 0 Å². The fourth-order valence-electron chi connectivity index (χ4n) is 4.43. The third-order valence-corrected chi connectivity index (χ3v) is 5.40. The van der Waals surface area contributed by atoms with Gasteiger partial charge in [0.05, 0.1) is 0 Å². The summed E-state index contributed by atoms with van der Waals surface area (Å²) in [7, 11) is 0. The predicted molar refractivity (Wildman–Crippen MR) is 71.4 cm³/mol. The molecule has 0 aliphatic heterocycles. The Labute approximate surface area is 112 Å². The van der Waals surface area contributed by atoms with Crippen LogP contribution in [-0.2, 0) is 4.79 Å². The molecule has 94 valence electrons. The van der Waals surface area contributed by atoms with Gasteiger partial charge < -0.3 is 5.32 Å². The summed E-state index contributed by atoms with van der Waals surface area (Å²) in [6, 6.07) is 7.36. The first kappa shape index (κ1) is 10.9. The van der Waals surface area contributed by atoms with Gasteiger partial charge in [0.25, 0.3) is 0 Å². The molecule has 0 heterocycles. The molecule has 1 unspecified atom stereocenters. The molecule has 3 heteroatoms. The number of rotatable bonds is 2. The summed E-state index contributed by atoms with van der Waals surface area (Å²) in [6.45, 7) is 0. The quantitative estimate of drug-likeness (QED) is 0.866. The Balaban J connectivity index is 1.45. The van der Waals surface area contributed by atoms with Gasteiger partial charge in [-0.3, -0.25) is 4.79 Å². The van der Waals surface area contributed by atoms with E-state index in [1.807, 2.05) is 24.3 Å². The molecule has 1 N–H and O–H groups in total. The van der Waals surface area contributed by atoms with E-state index in [9.17, 15) is 4.79 Å². The Kier molecular flexibility index (Phi) is 2.25. The molecule has 1 amide bonds. The molecule has 18 heavy (non-hydrogen) atoms. The van der Waals surface area contributed by atoms with Crippen LogP contribution >= 0.6 is 11.6 Å². The minimum absolute atomic E-state index is 0.226. The van der Waals surface area contributed by atoms with Gasteiger partial charge in [-0.05, 0) is 67.2 Å². The Hall–Kier alpha value is -1.02. The molecule has 3 aliphatic rings. The Morgan fingerprint density at radius 1 is 1.11 bits per heavy atom. The summed E-state index contributed by atoms with van der Waals surface area (Å²) in [4.78, 5) is 12.2. The fourth-order valence-corrected chi connectivity index (χ4v) is 4.56. The average molecular weight is 262 g/mol. The highest BCUT2D eigenvalue weighted by Crippen LogP contribution is 2.69. The summed E-state index contributed by atoms with van der Waals surface area (Å²) < 4.78 is 0. The van der Waals surface area contributed by atoms with Crippen molar-refractivity contribution in [1.29, 1.82) is 0 Å². The molecule has 1 aromatic rings. The number of nitrogens with one attached hydrogen (secondary N) is 1. The number of carbonyl (C=O) groups is 1. The molecule has 0 spiro atoms. The zero-order valence-electron chi connectivity index (χ0n) is 10.1. The largest absolute Gasteiger partial charge is 0.326 e. The van der Waals surface area contributed by atoms with E-state index in [-0.39, 0.29) is 5.91 Å². The summed E-state index contributed by atoms with van der Waals surface area (Å²) in [6.07, 6.45) is 4.10. The highest BCUT2D eigenvalue weighted by molar-refractivity contribution is 6.30. The van der Waals surface area contributed by atoms with Crippen molar-refractivity contribution in [1.82, 2.24) is 0 Å². The molecule has 0 radical (unpaired) electrons. The first-order valence-corrected chi connectivity index (χ1v) is 7.18. The third-order valence-electron chi connectivity index (χ3n) is 5.15. The monoisotopic (exact) mass is 261 g/mol. The van der Waals surface area contributed by atoms with E-state index >= 15 is 0 Å². The Bertz CT molecular complexity index is 482. The molecule has 3 aliphatic carbocycles. The van der Waals surface area contributed by atoms with E-state index in [0.29, 0.717) is 22.8 Å². The molecule has 5 atom stereocenters. The lowest BCUT2D eigenvalue weighted by Crippen LogP contribution is -2.18. The first-order chi connectivity index (χ1) is 8.74. The van der Waals surface area contributed by atoms with E-state index in [0.717, 1.165) is 17.5 Å². The SMILES string of the molecule is O=C(Nc1ccc(Cl)cc1)C1[C@@H]2[C@@H]3CC[C@H](C3)[C@H]12. The van der Waals surface area contributed by atoms with Crippen molar-refractivity contribution in [3.05, 3.63) is 29.3 Å². The topological polar surface area (TPSA) is 29.1 Å². The van der Waals surface area contributed by atoms with Crippen molar-refractivity contribution < 1.29 is 4.79 Å². The van der Waals surface area contributed by atoms with Gasteiger partial charge in [-0.2, -0.15) is 0 Å². The van der Waals surface area contributed by atoms with E-state index in [4.69, 9.17) is 11.6 Å². The van der Waals surface area contributed by atoms with Gasteiger partial charge in [-0.15, -0.1) is 0 Å². The van der Waals surface area contributed by atoms with Crippen LogP contribution in [0.2, 0.25) is 5.02 Å². The van der Waals surface area contributed by atoms with Crippen LogP contribution in [0.25, 0.3) is 0 Å². The maximum atomic E-state index is 12.2. The second-order valence-corrected chi connectivity index (χ2v) is 6.45. The molecular formula is C15H16ClNO. The summed E-state index contributed by atoms with van der Waals surface area (Å²) in [5.41, 5.74) is 0.863. The Morgan fingerprint density at radius 3 is 2.33 bits per heavy atom. The van der Waals surface area contributed by atoms with Crippen molar-refractivity contribution in [2.24, 2.45) is 29.6 Å². The lowest BCUT2D eigenvalue weighted by Gasteiger charge is -2.09. The first-order valence-electron chi connectivity index (χ1n) is 6.80. The van der Waals surface area contributed by atoms with E-state index in [1.165, 1.54) is 19.3 Å². The van der Waals surface area contributed by atoms with Crippen LogP contribution in [-0.4, -0.2) is 5.91 Å². The van der Waals surface area contributed by atoms with Crippen LogP contribution in [0.15, 0.2) is 24.3 Å². The molecule has 2 bridgehead atoms. The maximum absolute atomic E-state index is 12.2. The van der Waals surface area contributed by atoms with Crippen molar-refractivity contribution in [3.63, 3.8) is 0 Å². The molecule has 2 nitrogen and oxygen atoms in total. The predicted octanol–water partition coefficient (Wildman–Crippen LogP) is 3.57. The van der Waals surface area contributed by atoms with Gasteiger partial charge in [0.2, 0.25) is 5.91 Å². The van der Waals surface area contributed by atoms with Gasteiger partial charge in [-0.1, -0.05) is 11.6 Å². The van der Waals surface area contributed by atoms with E-state index in [1.54, 1.807) is 0 Å². The minimum Gasteiger partial charge on any atom is -0.326 e. The Morgan fingerprint density at radius 2 is 1.72 bits per heavy atom. The van der Waals surface area contributed by atoms with Gasteiger partial charge in [0.15, 0.2) is 0 Å². The van der Waals surface area contributed by atoms with Gasteiger partial charge in [-0.25, -0.2) is 0 Å². The number of fused-ring (bicyclic) bond motifs is 5. The number of halogens is 1. The molecular weight excluding hydrogens is 246 g/mol. The van der Waals surface area contributed by atoms with Crippen LogP contribution < -0.4 is 5.32 Å². The summed E-state index contributed by atoms with van der Waals surface area (Å²) >= 11 is 5.83. The van der Waals surface area contributed by atoms with Gasteiger partial charge >= 0.3 is 0 Å². The fraction of sp³-hybridized carbons (Fsp3) is 0.533. The minimum atomic E-state index is 0.226. The smallest absolute Gasteiger partial charge is 0.228 e. The number of anilines is 1. The zero-order valence-corrected chi connectivity index (χ0v) is 10.9. The number of amides is 1. The highest BCUT2D eigenvalue weighted by atomic mass is 35.5. The van der Waals surface area contributed by atoms with Crippen molar-refractivity contribution >= 4 is 23.2 Å². The summed E-state index contributed by atoms with van der Waals surface area (Å²) in [5, 5.41) is 3.73. The molecule has 3 saturated carbocycles. The normalized spacial score (nSPS) is 39.5. The molecule has 3 fully saturated rings. The third kappa shape index (κ3) is 1.51. The second kappa shape index (κ2) is 3.74. The van der Waals surface area contributed by atoms with Gasteiger partial charge in [0, 0.05) is 16.6 Å². The summed E-state index contributed by atoms with van der Waals surface area (Å²) in [5.74, 6) is 3.63. The highest BCUT2D eigenvalue weighted by Gasteiger charge is 2.67. The zero-order chi connectivity index (χ0) is 12.3. The van der Waals surface area contributed by atoms with Crippen LogP contribution in [0.4, 0.5) is 5.69 Å². The molecule has 0 saturated heterocycles. The van der Waals surface area contributed by atoms with Crippen molar-refractivity contribution in [2.45, 2.75) is 19.3 Å². The average Bonchev–Trinajstić information content (AvgIpc) is 2.82. The maximum Gasteiger partial charge on any atom is 0.228 e. The number of benzene rings is 1. The molecule has 0 aromatic heterocycles. The van der Waals surface area contributed by atoms with Crippen LogP contribution in [0.3, 0.4) is 0 Å². The number of hydrogen-bond acceptors (Lipinski definition) is 1. The number of hydrogen-bond donors (Lipinski definition) is 1. The van der Waals surface area contributed by atoms with Gasteiger partial charge in [0.1, 0.15) is 0 Å². The second-order valence-electron chi connectivity index (χ2n) is 6.01. The lowest BCUT2D eigenvalue weighted by molar-refractivity contribution is -0.118. The lowest BCUT2D eigenvalue weighted by atomic mass is 10.0. The van der Waals surface area contributed by atoms with Crippen LogP contribution in [0, 0.1) is 29.6 Å². The van der Waals surface area contributed by atoms with E-state index in [2.05, 4.69) is 5.32 Å². The molecule has 4 rings (SSSR count). The van der Waals surface area contributed by atoms with E-state index < -0.39 is 0 Å². The standard InChI is InChI=1S/C15H16ClNO/c16-10-3-5-11(6-4-10)17-15(18)14-12-8-1-2-9(7-8)13(12)14/h3-6,8-9,12-14H,1-2,7H2,(H,17,18)/t8-,9-,12-,13+,14?/m1/s1. The van der Waals surface area contributed by atoms with Crippen molar-refractivity contribution in [2.75, 3.05) is 5.32 Å². The molecule has 1 aromatic carbocycles. The van der Waals surface area contributed by atoms with Crippen molar-refractivity contribution in [3.8, 4) is 0 Å². The number of carbonyl (C=O) groups excluding carboxylic acids is 1. The van der Waals surface area contributed by atoms with Crippen LogP contribution in [0.1, 0.15) is 19.3 Å².